The highest BCUT2D eigenvalue weighted by molar-refractivity contribution is 6.30. The molecule has 0 unspecified atom stereocenters. The highest BCUT2D eigenvalue weighted by atomic mass is 35.5. The minimum atomic E-state index is -0.605. The molecule has 1 fully saturated rings. The number of amides is 2. The van der Waals surface area contributed by atoms with E-state index in [1.165, 1.54) is 6.07 Å². The third-order valence-corrected chi connectivity index (χ3v) is 4.61. The molecule has 1 aliphatic rings. The van der Waals surface area contributed by atoms with Crippen LogP contribution in [0.3, 0.4) is 0 Å². The Morgan fingerprint density at radius 2 is 1.74 bits per heavy atom. The van der Waals surface area contributed by atoms with Crippen LogP contribution in [0.4, 0.5) is 11.5 Å². The summed E-state index contributed by atoms with van der Waals surface area (Å²) in [4.78, 5) is 27.8. The summed E-state index contributed by atoms with van der Waals surface area (Å²) in [5.41, 5.74) is 6.34. The van der Waals surface area contributed by atoms with Crippen molar-refractivity contribution in [2.45, 2.75) is 0 Å². The van der Waals surface area contributed by atoms with E-state index in [4.69, 9.17) is 28.9 Å². The number of carbonyl (C=O) groups excluding carboxylic acids is 2. The molecule has 10 heteroatoms. The maximum atomic E-state index is 12.2. The molecule has 0 aliphatic carbocycles. The van der Waals surface area contributed by atoms with Gasteiger partial charge in [-0.2, -0.15) is 0 Å². The van der Waals surface area contributed by atoms with Gasteiger partial charge in [-0.05, 0) is 30.3 Å². The van der Waals surface area contributed by atoms with Gasteiger partial charge in [0.05, 0.1) is 12.1 Å². The Balaban J connectivity index is 1.55. The maximum Gasteiger partial charge on any atom is 0.252 e. The van der Waals surface area contributed by atoms with Crippen LogP contribution < -0.4 is 16.0 Å². The fraction of sp³-hybridized carbons (Fsp3) is 0.294. The number of rotatable bonds is 5. The Morgan fingerprint density at radius 1 is 1.07 bits per heavy atom. The number of aromatic nitrogens is 2. The topological polar surface area (TPSA) is 104 Å². The molecule has 0 atom stereocenters. The lowest BCUT2D eigenvalue weighted by molar-refractivity contribution is -0.117. The quantitative estimate of drug-likeness (QED) is 0.778. The Morgan fingerprint density at radius 3 is 2.37 bits per heavy atom. The molecule has 1 aliphatic heterocycles. The predicted octanol–water partition coefficient (Wildman–Crippen LogP) is 1.64. The summed E-state index contributed by atoms with van der Waals surface area (Å²) in [5.74, 6) is -0.293. The van der Waals surface area contributed by atoms with E-state index in [1.54, 1.807) is 24.3 Å². The van der Waals surface area contributed by atoms with E-state index in [9.17, 15) is 9.59 Å². The Hall–Kier alpha value is -2.42. The minimum absolute atomic E-state index is 0.102. The Kier molecular flexibility index (Phi) is 6.10. The van der Waals surface area contributed by atoms with Crippen molar-refractivity contribution in [1.29, 1.82) is 0 Å². The monoisotopic (exact) mass is 408 g/mol. The number of halogens is 2. The number of hydrogen-bond donors (Lipinski definition) is 2. The molecule has 0 radical (unpaired) electrons. The number of nitrogens with one attached hydrogen (secondary N) is 1. The average Bonchev–Trinajstić information content (AvgIpc) is 2.64. The number of hydrogen-bond acceptors (Lipinski definition) is 6. The number of nitrogens with two attached hydrogens (primary N) is 1. The first-order valence-corrected chi connectivity index (χ1v) is 9.04. The van der Waals surface area contributed by atoms with Crippen LogP contribution in [0.15, 0.2) is 30.3 Å². The first-order valence-electron chi connectivity index (χ1n) is 8.28. The molecule has 0 saturated carbocycles. The molecule has 1 aromatic heterocycles. The van der Waals surface area contributed by atoms with E-state index in [2.05, 4.69) is 15.5 Å². The molecule has 1 aromatic carbocycles. The van der Waals surface area contributed by atoms with Gasteiger partial charge < -0.3 is 16.0 Å². The maximum absolute atomic E-state index is 12.2. The zero-order valence-corrected chi connectivity index (χ0v) is 15.9. The fourth-order valence-electron chi connectivity index (χ4n) is 2.83. The minimum Gasteiger partial charge on any atom is -0.365 e. The molecule has 3 rings (SSSR count). The van der Waals surface area contributed by atoms with Gasteiger partial charge in [0.25, 0.3) is 5.91 Å². The molecular weight excluding hydrogens is 391 g/mol. The molecule has 1 saturated heterocycles. The van der Waals surface area contributed by atoms with E-state index in [1.807, 2.05) is 9.80 Å². The first kappa shape index (κ1) is 19.3. The van der Waals surface area contributed by atoms with E-state index in [0.717, 1.165) is 0 Å². The van der Waals surface area contributed by atoms with Crippen LogP contribution in [0.5, 0.6) is 0 Å². The van der Waals surface area contributed by atoms with Gasteiger partial charge in [0, 0.05) is 36.9 Å². The number of anilines is 2. The van der Waals surface area contributed by atoms with Crippen LogP contribution in [0.1, 0.15) is 10.4 Å². The van der Waals surface area contributed by atoms with E-state index < -0.39 is 5.91 Å². The van der Waals surface area contributed by atoms with Crippen LogP contribution in [0.2, 0.25) is 10.2 Å². The molecule has 3 N–H and O–H groups in total. The van der Waals surface area contributed by atoms with Crippen molar-refractivity contribution < 1.29 is 9.59 Å². The van der Waals surface area contributed by atoms with Gasteiger partial charge in [-0.15, -0.1) is 10.2 Å². The summed E-state index contributed by atoms with van der Waals surface area (Å²) in [5, 5.41) is 11.4. The Bertz CT molecular complexity index is 838. The molecule has 2 aromatic rings. The van der Waals surface area contributed by atoms with Crippen molar-refractivity contribution in [2.24, 2.45) is 5.73 Å². The van der Waals surface area contributed by atoms with Gasteiger partial charge in [0.1, 0.15) is 0 Å². The predicted molar refractivity (Wildman–Crippen MR) is 104 cm³/mol. The van der Waals surface area contributed by atoms with Gasteiger partial charge in [0.15, 0.2) is 11.0 Å². The number of piperazine rings is 1. The zero-order valence-electron chi connectivity index (χ0n) is 14.4. The van der Waals surface area contributed by atoms with Crippen molar-refractivity contribution in [3.63, 3.8) is 0 Å². The molecule has 8 nitrogen and oxygen atoms in total. The van der Waals surface area contributed by atoms with Crippen LogP contribution in [-0.2, 0) is 4.79 Å². The molecule has 27 heavy (non-hydrogen) atoms. The highest BCUT2D eigenvalue weighted by Gasteiger charge is 2.24. The lowest BCUT2D eigenvalue weighted by Gasteiger charge is -2.35. The van der Waals surface area contributed by atoms with Crippen LogP contribution in [0, 0.1) is 0 Å². The van der Waals surface area contributed by atoms with Crippen molar-refractivity contribution >= 4 is 46.5 Å². The molecule has 2 heterocycles. The largest absolute Gasteiger partial charge is 0.365 e. The summed E-state index contributed by atoms with van der Waals surface area (Å²) in [7, 11) is 0. The molecular formula is C17H18Cl2N6O2. The van der Waals surface area contributed by atoms with Crippen molar-refractivity contribution in [3.05, 3.63) is 46.1 Å². The van der Waals surface area contributed by atoms with Gasteiger partial charge >= 0.3 is 0 Å². The second kappa shape index (κ2) is 8.51. The zero-order chi connectivity index (χ0) is 19.4. The molecule has 142 valence electrons. The highest BCUT2D eigenvalue weighted by Crippen LogP contribution is 2.20. The van der Waals surface area contributed by atoms with Crippen LogP contribution in [-0.4, -0.2) is 59.6 Å². The van der Waals surface area contributed by atoms with Gasteiger partial charge in [-0.25, -0.2) is 0 Å². The molecule has 2 amide bonds. The van der Waals surface area contributed by atoms with Crippen molar-refractivity contribution in [2.75, 3.05) is 42.9 Å². The standard InChI is InChI=1S/C17H18Cl2N6O2/c18-11-1-3-12(4-2-11)21-15(26)10-24-5-7-25(8-6-24)17-13(16(20)27)9-14(19)22-23-17/h1-4,9H,5-8,10H2,(H2,20,27)(H,21,26). The third-order valence-electron chi connectivity index (χ3n) is 4.18. The Labute approximate surface area is 166 Å². The number of benzene rings is 1. The second-order valence-electron chi connectivity index (χ2n) is 6.09. The molecule has 0 bridgehead atoms. The summed E-state index contributed by atoms with van der Waals surface area (Å²) in [6, 6.07) is 8.36. The molecule has 0 spiro atoms. The summed E-state index contributed by atoms with van der Waals surface area (Å²) < 4.78 is 0. The fourth-order valence-corrected chi connectivity index (χ4v) is 3.10. The lowest BCUT2D eigenvalue weighted by atomic mass is 10.2. The summed E-state index contributed by atoms with van der Waals surface area (Å²) in [6.07, 6.45) is 0. The number of primary amides is 1. The second-order valence-corrected chi connectivity index (χ2v) is 6.91. The van der Waals surface area contributed by atoms with Crippen LogP contribution in [0.25, 0.3) is 0 Å². The van der Waals surface area contributed by atoms with Crippen molar-refractivity contribution in [1.82, 2.24) is 15.1 Å². The smallest absolute Gasteiger partial charge is 0.252 e. The van der Waals surface area contributed by atoms with Gasteiger partial charge in [-0.3, -0.25) is 14.5 Å². The van der Waals surface area contributed by atoms with E-state index in [-0.39, 0.29) is 23.2 Å². The van der Waals surface area contributed by atoms with Crippen molar-refractivity contribution in [3.8, 4) is 0 Å². The van der Waals surface area contributed by atoms with Crippen LogP contribution >= 0.6 is 23.2 Å². The lowest BCUT2D eigenvalue weighted by Crippen LogP contribution is -2.49. The van der Waals surface area contributed by atoms with Gasteiger partial charge in [0.2, 0.25) is 5.91 Å². The number of nitrogens with zero attached hydrogens (tertiary/aromatic N) is 4. The summed E-state index contributed by atoms with van der Waals surface area (Å²) >= 11 is 11.6. The van der Waals surface area contributed by atoms with Gasteiger partial charge in [-0.1, -0.05) is 23.2 Å². The normalized spacial score (nSPS) is 14.8. The van der Waals surface area contributed by atoms with E-state index >= 15 is 0 Å². The number of carbonyl (C=O) groups is 2. The first-order chi connectivity index (χ1) is 12.9. The third kappa shape index (κ3) is 5.06. The average molecular weight is 409 g/mol. The van der Waals surface area contributed by atoms with E-state index in [0.29, 0.717) is 42.7 Å². The summed E-state index contributed by atoms with van der Waals surface area (Å²) in [6.45, 7) is 2.72. The SMILES string of the molecule is NC(=O)c1cc(Cl)nnc1N1CCN(CC(=O)Nc2ccc(Cl)cc2)CC1.